The lowest BCUT2D eigenvalue weighted by Crippen LogP contribution is -2.28. The summed E-state index contributed by atoms with van der Waals surface area (Å²) in [6.45, 7) is 5.02. The van der Waals surface area contributed by atoms with E-state index >= 15 is 0 Å². The molecule has 0 spiro atoms. The Balaban J connectivity index is 2.12. The van der Waals surface area contributed by atoms with E-state index in [1.807, 2.05) is 19.1 Å². The van der Waals surface area contributed by atoms with Crippen molar-refractivity contribution >= 4 is 23.5 Å². The Morgan fingerprint density at radius 3 is 2.45 bits per heavy atom. The van der Waals surface area contributed by atoms with E-state index in [-0.39, 0.29) is 36.6 Å². The number of amides is 1. The molecular weight excluding hydrogens is 374 g/mol. The van der Waals surface area contributed by atoms with Crippen molar-refractivity contribution in [2.75, 3.05) is 0 Å². The average molecular weight is 399 g/mol. The maximum Gasteiger partial charge on any atom is 0.303 e. The third kappa shape index (κ3) is 6.60. The van der Waals surface area contributed by atoms with Gasteiger partial charge in [-0.25, -0.2) is 0 Å². The molecule has 154 valence electrons. The fraction of sp³-hybridized carbons (Fsp3) is 0.333. The number of carbonyl (C=O) groups is 3. The fourth-order valence-electron chi connectivity index (χ4n) is 2.73. The van der Waals surface area contributed by atoms with Gasteiger partial charge in [0.25, 0.3) is 5.91 Å². The van der Waals surface area contributed by atoms with Crippen LogP contribution in [-0.4, -0.2) is 39.3 Å². The molecule has 8 nitrogen and oxygen atoms in total. The van der Waals surface area contributed by atoms with Crippen LogP contribution in [0.25, 0.3) is 0 Å². The summed E-state index contributed by atoms with van der Waals surface area (Å²) in [5.74, 6) is -1.12. The first-order valence-corrected chi connectivity index (χ1v) is 9.18. The molecule has 0 saturated heterocycles. The number of hydrogen-bond acceptors (Lipinski definition) is 5. The van der Waals surface area contributed by atoms with Crippen molar-refractivity contribution in [3.63, 3.8) is 0 Å². The van der Waals surface area contributed by atoms with E-state index in [1.165, 1.54) is 13.1 Å². The number of nitrogens with zero attached hydrogens (tertiary/aromatic N) is 1. The standard InChI is InChI=1S/C21H25N3O5/c1-13-4-7-17(8-5-13)29-14(2)19(25)12-24-10-16(6-9-20(26)27)18(11-24)21(28)23-15(3)22/h4-5,7-8,10-11,14H,6,9,12H2,1-3H3,(H,26,27)(H2,22,23,28). The summed E-state index contributed by atoms with van der Waals surface area (Å²) in [6, 6.07) is 7.37. The van der Waals surface area contributed by atoms with Crippen molar-refractivity contribution < 1.29 is 24.2 Å². The average Bonchev–Trinajstić information content (AvgIpc) is 3.04. The van der Waals surface area contributed by atoms with Gasteiger partial charge in [-0.2, -0.15) is 0 Å². The number of aromatic nitrogens is 1. The van der Waals surface area contributed by atoms with Gasteiger partial charge >= 0.3 is 5.97 Å². The minimum Gasteiger partial charge on any atom is -0.483 e. The number of Topliss-reactive ketones (excluding diaryl/α,β-unsaturated/α-hetero) is 1. The highest BCUT2D eigenvalue weighted by molar-refractivity contribution is 6.05. The number of amidine groups is 1. The van der Waals surface area contributed by atoms with Gasteiger partial charge in [0.2, 0.25) is 0 Å². The number of carboxylic acids is 1. The van der Waals surface area contributed by atoms with E-state index in [4.69, 9.17) is 15.3 Å². The minimum atomic E-state index is -0.983. The van der Waals surface area contributed by atoms with Crippen LogP contribution in [0.15, 0.2) is 36.7 Å². The van der Waals surface area contributed by atoms with E-state index in [9.17, 15) is 14.4 Å². The van der Waals surface area contributed by atoms with Crippen molar-refractivity contribution in [2.45, 2.75) is 46.3 Å². The van der Waals surface area contributed by atoms with Crippen LogP contribution in [0.2, 0.25) is 0 Å². The summed E-state index contributed by atoms with van der Waals surface area (Å²) >= 11 is 0. The molecule has 0 radical (unpaired) electrons. The van der Waals surface area contributed by atoms with Gasteiger partial charge in [-0.1, -0.05) is 17.7 Å². The van der Waals surface area contributed by atoms with Gasteiger partial charge in [-0.15, -0.1) is 0 Å². The van der Waals surface area contributed by atoms with Crippen LogP contribution >= 0.6 is 0 Å². The number of aryl methyl sites for hydroxylation is 2. The molecule has 1 amide bonds. The predicted molar refractivity (Wildman–Crippen MR) is 108 cm³/mol. The number of carbonyl (C=O) groups excluding carboxylic acids is 2. The van der Waals surface area contributed by atoms with Crippen LogP contribution in [0.5, 0.6) is 5.75 Å². The molecule has 1 heterocycles. The van der Waals surface area contributed by atoms with Gasteiger partial charge in [0.1, 0.15) is 5.75 Å². The number of ketones is 1. The molecule has 1 aromatic heterocycles. The summed E-state index contributed by atoms with van der Waals surface area (Å²) in [5.41, 5.74) is 1.84. The highest BCUT2D eigenvalue weighted by atomic mass is 16.5. The van der Waals surface area contributed by atoms with Gasteiger partial charge < -0.3 is 19.7 Å². The summed E-state index contributed by atoms with van der Waals surface area (Å²) in [4.78, 5) is 35.7. The largest absolute Gasteiger partial charge is 0.483 e. The lowest BCUT2D eigenvalue weighted by molar-refractivity contribution is -0.137. The molecule has 8 heteroatoms. The van der Waals surface area contributed by atoms with Gasteiger partial charge in [0.15, 0.2) is 11.9 Å². The number of hydrogen-bond donors (Lipinski definition) is 3. The SMILES string of the molecule is CC(=N)NC(=O)c1cn(CC(=O)C(C)Oc2ccc(C)cc2)cc1CCC(=O)O. The number of aliphatic carboxylic acids is 1. The van der Waals surface area contributed by atoms with E-state index in [0.717, 1.165) is 5.56 Å². The Kier molecular flexibility index (Phi) is 7.30. The zero-order chi connectivity index (χ0) is 21.6. The Morgan fingerprint density at radius 2 is 1.86 bits per heavy atom. The molecule has 0 aliphatic carbocycles. The van der Waals surface area contributed by atoms with Crippen molar-refractivity contribution in [1.82, 2.24) is 9.88 Å². The molecule has 0 aliphatic heterocycles. The Morgan fingerprint density at radius 1 is 1.21 bits per heavy atom. The Bertz CT molecular complexity index is 915. The van der Waals surface area contributed by atoms with Crippen molar-refractivity contribution in [1.29, 1.82) is 5.41 Å². The highest BCUT2D eigenvalue weighted by Gasteiger charge is 2.19. The molecule has 0 saturated carbocycles. The number of carboxylic acid groups (broad SMARTS) is 1. The summed E-state index contributed by atoms with van der Waals surface area (Å²) in [5, 5.41) is 18.7. The maximum absolute atomic E-state index is 12.5. The van der Waals surface area contributed by atoms with Crippen LogP contribution in [0.3, 0.4) is 0 Å². The second-order valence-electron chi connectivity index (χ2n) is 6.88. The smallest absolute Gasteiger partial charge is 0.303 e. The number of rotatable bonds is 9. The molecule has 1 atom stereocenters. The molecule has 29 heavy (non-hydrogen) atoms. The zero-order valence-corrected chi connectivity index (χ0v) is 16.7. The van der Waals surface area contributed by atoms with Gasteiger partial charge in [0.05, 0.1) is 17.9 Å². The molecule has 0 fully saturated rings. The minimum absolute atomic E-state index is 0.0239. The lowest BCUT2D eigenvalue weighted by atomic mass is 10.1. The van der Waals surface area contributed by atoms with Crippen LogP contribution < -0.4 is 10.1 Å². The van der Waals surface area contributed by atoms with E-state index in [1.54, 1.807) is 29.8 Å². The number of ether oxygens (including phenoxy) is 1. The van der Waals surface area contributed by atoms with Crippen LogP contribution in [0, 0.1) is 12.3 Å². The number of benzene rings is 1. The summed E-state index contributed by atoms with van der Waals surface area (Å²) in [7, 11) is 0. The molecule has 1 aromatic carbocycles. The highest BCUT2D eigenvalue weighted by Crippen LogP contribution is 2.16. The number of nitrogens with one attached hydrogen (secondary N) is 2. The van der Waals surface area contributed by atoms with Crippen molar-refractivity contribution in [2.24, 2.45) is 0 Å². The first-order chi connectivity index (χ1) is 13.7. The third-order valence-corrected chi connectivity index (χ3v) is 4.24. The van der Waals surface area contributed by atoms with Gasteiger partial charge in [0, 0.05) is 18.8 Å². The Hall–Kier alpha value is -3.42. The van der Waals surface area contributed by atoms with E-state index < -0.39 is 18.0 Å². The second kappa shape index (κ2) is 9.68. The van der Waals surface area contributed by atoms with Gasteiger partial charge in [-0.3, -0.25) is 19.8 Å². The first kappa shape index (κ1) is 21.9. The predicted octanol–water partition coefficient (Wildman–Crippen LogP) is 2.58. The van der Waals surface area contributed by atoms with E-state index in [2.05, 4.69) is 5.32 Å². The molecule has 0 aliphatic rings. The van der Waals surface area contributed by atoms with Crippen molar-refractivity contribution in [3.05, 3.63) is 53.3 Å². The molecule has 1 unspecified atom stereocenters. The monoisotopic (exact) mass is 399 g/mol. The van der Waals surface area contributed by atoms with E-state index in [0.29, 0.717) is 11.3 Å². The molecule has 2 rings (SSSR count). The van der Waals surface area contributed by atoms with Crippen molar-refractivity contribution in [3.8, 4) is 5.75 Å². The molecular formula is C21H25N3O5. The normalized spacial score (nSPS) is 11.6. The molecule has 2 aromatic rings. The quantitative estimate of drug-likeness (QED) is 0.442. The Labute approximate surface area is 169 Å². The lowest BCUT2D eigenvalue weighted by Gasteiger charge is -2.14. The van der Waals surface area contributed by atoms with Gasteiger partial charge in [-0.05, 0) is 44.9 Å². The van der Waals surface area contributed by atoms with Crippen LogP contribution in [-0.2, 0) is 22.6 Å². The molecule has 3 N–H and O–H groups in total. The first-order valence-electron chi connectivity index (χ1n) is 9.18. The van der Waals surface area contributed by atoms with Crippen LogP contribution in [0.1, 0.15) is 41.8 Å². The summed E-state index contributed by atoms with van der Waals surface area (Å²) in [6.07, 6.45) is 2.39. The zero-order valence-electron chi connectivity index (χ0n) is 16.7. The third-order valence-electron chi connectivity index (χ3n) is 4.24. The topological polar surface area (TPSA) is 121 Å². The second-order valence-corrected chi connectivity index (χ2v) is 6.88. The maximum atomic E-state index is 12.5. The van der Waals surface area contributed by atoms with Crippen LogP contribution in [0.4, 0.5) is 0 Å². The fourth-order valence-corrected chi connectivity index (χ4v) is 2.73. The summed E-state index contributed by atoms with van der Waals surface area (Å²) < 4.78 is 7.22. The molecule has 0 bridgehead atoms.